The lowest BCUT2D eigenvalue weighted by molar-refractivity contribution is -0.135. The van der Waals surface area contributed by atoms with Crippen LogP contribution in [0.4, 0.5) is 5.69 Å². The molecule has 1 aliphatic heterocycles. The van der Waals surface area contributed by atoms with E-state index in [1.54, 1.807) is 31.2 Å². The second-order valence-electron chi connectivity index (χ2n) is 10.8. The normalized spacial score (nSPS) is 23.1. The molecule has 2 atom stereocenters. The molecule has 0 radical (unpaired) electrons. The van der Waals surface area contributed by atoms with Gasteiger partial charge in [-0.25, -0.2) is 13.2 Å². The fourth-order valence-corrected chi connectivity index (χ4v) is 7.49. The lowest BCUT2D eigenvalue weighted by atomic mass is 9.65. The maximum atomic E-state index is 13.1. The van der Waals surface area contributed by atoms with Crippen molar-refractivity contribution in [3.8, 4) is 0 Å². The topological polar surface area (TPSA) is 84.0 Å². The number of hydrogen-bond acceptors (Lipinski definition) is 5. The van der Waals surface area contributed by atoms with E-state index in [1.807, 2.05) is 11.0 Å². The molecular formula is C27H34N2O5S. The molecular weight excluding hydrogens is 464 g/mol. The van der Waals surface area contributed by atoms with Gasteiger partial charge in [0.25, 0.3) is 15.9 Å². The van der Waals surface area contributed by atoms with Crippen molar-refractivity contribution < 1.29 is 22.7 Å². The smallest absolute Gasteiger partial charge is 0.338 e. The van der Waals surface area contributed by atoms with Gasteiger partial charge in [-0.15, -0.1) is 0 Å². The Morgan fingerprint density at radius 1 is 1.03 bits per heavy atom. The van der Waals surface area contributed by atoms with Crippen LogP contribution in [0.5, 0.6) is 0 Å². The van der Waals surface area contributed by atoms with Crippen molar-refractivity contribution in [3.05, 3.63) is 60.2 Å². The third-order valence-electron chi connectivity index (χ3n) is 7.07. The fraction of sp³-hybridized carbons (Fsp3) is 0.481. The Kier molecular flexibility index (Phi) is 6.70. The number of anilines is 1. The number of likely N-dealkylation sites (tertiary alicyclic amines) is 1. The Labute approximate surface area is 208 Å². The van der Waals surface area contributed by atoms with Gasteiger partial charge < -0.3 is 9.64 Å². The first-order chi connectivity index (χ1) is 16.4. The van der Waals surface area contributed by atoms with Gasteiger partial charge in [-0.1, -0.05) is 39.0 Å². The van der Waals surface area contributed by atoms with Crippen molar-refractivity contribution in [3.63, 3.8) is 0 Å². The zero-order valence-corrected chi connectivity index (χ0v) is 21.7. The van der Waals surface area contributed by atoms with Crippen LogP contribution in [0, 0.1) is 10.8 Å². The van der Waals surface area contributed by atoms with E-state index in [-0.39, 0.29) is 46.4 Å². The highest BCUT2D eigenvalue weighted by atomic mass is 32.2. The van der Waals surface area contributed by atoms with Gasteiger partial charge in [-0.05, 0) is 73.4 Å². The van der Waals surface area contributed by atoms with E-state index in [0.29, 0.717) is 12.2 Å². The molecule has 7 nitrogen and oxygen atoms in total. The SMILES string of the molecule is CCN(c1ccccc1)S(=O)(=O)c1ccc(C(=O)OCC(=O)N2CC3(C)CC2CC(C)(C)C3)cc1. The molecule has 2 aliphatic rings. The second-order valence-corrected chi connectivity index (χ2v) is 12.7. The van der Waals surface area contributed by atoms with Crippen LogP contribution < -0.4 is 4.31 Å². The van der Waals surface area contributed by atoms with Gasteiger partial charge in [0.05, 0.1) is 16.1 Å². The summed E-state index contributed by atoms with van der Waals surface area (Å²) < 4.78 is 32.9. The number of carbonyl (C=O) groups excluding carboxylic acids is 2. The number of sulfonamides is 1. The summed E-state index contributed by atoms with van der Waals surface area (Å²) in [6.07, 6.45) is 3.02. The molecule has 2 aromatic rings. The second kappa shape index (κ2) is 9.30. The van der Waals surface area contributed by atoms with Crippen molar-refractivity contribution >= 4 is 27.6 Å². The number of amides is 1. The van der Waals surface area contributed by atoms with Crippen molar-refractivity contribution in [1.29, 1.82) is 0 Å². The molecule has 4 rings (SSSR count). The van der Waals surface area contributed by atoms with Gasteiger partial charge in [0.1, 0.15) is 0 Å². The van der Waals surface area contributed by atoms with Gasteiger partial charge in [0, 0.05) is 19.1 Å². The third-order valence-corrected chi connectivity index (χ3v) is 8.99. The summed E-state index contributed by atoms with van der Waals surface area (Å²) in [6.45, 7) is 9.13. The number of hydrogen-bond donors (Lipinski definition) is 0. The standard InChI is InChI=1S/C27H34N2O5S/c1-5-29(21-9-7-6-8-10-21)35(32,33)23-13-11-20(12-14-23)25(31)34-17-24(30)28-19-27(4)16-22(28)15-26(2,3)18-27/h6-14,22H,5,15-19H2,1-4H3. The molecule has 2 fully saturated rings. The van der Waals surface area contributed by atoms with E-state index in [4.69, 9.17) is 4.74 Å². The van der Waals surface area contributed by atoms with Crippen molar-refractivity contribution in [1.82, 2.24) is 4.90 Å². The number of nitrogens with zero attached hydrogens (tertiary/aromatic N) is 2. The number of benzene rings is 2. The van der Waals surface area contributed by atoms with Crippen LogP contribution in [-0.2, 0) is 19.6 Å². The van der Waals surface area contributed by atoms with Crippen LogP contribution in [0.2, 0.25) is 0 Å². The molecule has 2 bridgehead atoms. The first-order valence-corrected chi connectivity index (χ1v) is 13.5. The summed E-state index contributed by atoms with van der Waals surface area (Å²) in [4.78, 5) is 27.4. The van der Waals surface area contributed by atoms with E-state index in [9.17, 15) is 18.0 Å². The maximum Gasteiger partial charge on any atom is 0.338 e. The van der Waals surface area contributed by atoms with Gasteiger partial charge in [0.15, 0.2) is 6.61 Å². The highest BCUT2D eigenvalue weighted by Crippen LogP contribution is 2.52. The van der Waals surface area contributed by atoms with E-state index in [0.717, 1.165) is 19.3 Å². The van der Waals surface area contributed by atoms with Crippen LogP contribution in [0.15, 0.2) is 59.5 Å². The quantitative estimate of drug-likeness (QED) is 0.526. The Morgan fingerprint density at radius 2 is 1.69 bits per heavy atom. The fourth-order valence-electron chi connectivity index (χ4n) is 6.02. The van der Waals surface area contributed by atoms with Crippen molar-refractivity contribution in [2.75, 3.05) is 24.0 Å². The van der Waals surface area contributed by atoms with Crippen LogP contribution in [-0.4, -0.2) is 50.9 Å². The highest BCUT2D eigenvalue weighted by molar-refractivity contribution is 7.92. The molecule has 1 saturated heterocycles. The predicted molar refractivity (Wildman–Crippen MR) is 135 cm³/mol. The molecule has 35 heavy (non-hydrogen) atoms. The number of ether oxygens (including phenoxy) is 1. The minimum atomic E-state index is -3.79. The average Bonchev–Trinajstić information content (AvgIpc) is 3.07. The summed E-state index contributed by atoms with van der Waals surface area (Å²) in [5, 5.41) is 0. The van der Waals surface area contributed by atoms with Gasteiger partial charge in [-0.2, -0.15) is 0 Å². The van der Waals surface area contributed by atoms with E-state index < -0.39 is 16.0 Å². The van der Waals surface area contributed by atoms with E-state index in [1.165, 1.54) is 28.6 Å². The number of rotatable bonds is 7. The lowest BCUT2D eigenvalue weighted by Gasteiger charge is -2.39. The maximum absolute atomic E-state index is 13.1. The highest BCUT2D eigenvalue weighted by Gasteiger charge is 2.50. The molecule has 2 unspecified atom stereocenters. The zero-order chi connectivity index (χ0) is 25.4. The van der Waals surface area contributed by atoms with Crippen LogP contribution in [0.1, 0.15) is 57.3 Å². The van der Waals surface area contributed by atoms with Crippen LogP contribution in [0.25, 0.3) is 0 Å². The lowest BCUT2D eigenvalue weighted by Crippen LogP contribution is -2.39. The Balaban J connectivity index is 1.39. The van der Waals surface area contributed by atoms with Crippen LogP contribution in [0.3, 0.4) is 0 Å². The monoisotopic (exact) mass is 498 g/mol. The molecule has 1 amide bonds. The third kappa shape index (κ3) is 5.22. The largest absolute Gasteiger partial charge is 0.452 e. The molecule has 0 spiro atoms. The number of para-hydroxylation sites is 1. The summed E-state index contributed by atoms with van der Waals surface area (Å²) in [7, 11) is -3.79. The molecule has 188 valence electrons. The van der Waals surface area contributed by atoms with E-state index >= 15 is 0 Å². The van der Waals surface area contributed by atoms with Gasteiger partial charge in [-0.3, -0.25) is 9.10 Å². The zero-order valence-electron chi connectivity index (χ0n) is 20.9. The van der Waals surface area contributed by atoms with Gasteiger partial charge in [0.2, 0.25) is 0 Å². The Morgan fingerprint density at radius 3 is 2.31 bits per heavy atom. The average molecular weight is 499 g/mol. The van der Waals surface area contributed by atoms with Crippen molar-refractivity contribution in [2.24, 2.45) is 10.8 Å². The van der Waals surface area contributed by atoms with E-state index in [2.05, 4.69) is 20.8 Å². The molecule has 1 aliphatic carbocycles. The number of esters is 1. The predicted octanol–water partition coefficient (Wildman–Crippen LogP) is 4.49. The summed E-state index contributed by atoms with van der Waals surface area (Å²) in [5.41, 5.74) is 1.08. The summed E-state index contributed by atoms with van der Waals surface area (Å²) >= 11 is 0. The minimum Gasteiger partial charge on any atom is -0.452 e. The Hall–Kier alpha value is -2.87. The van der Waals surface area contributed by atoms with Gasteiger partial charge >= 0.3 is 5.97 Å². The molecule has 1 saturated carbocycles. The number of carbonyl (C=O) groups is 2. The summed E-state index contributed by atoms with van der Waals surface area (Å²) in [6, 6.07) is 14.7. The Bertz CT molecular complexity index is 1190. The first kappa shape index (κ1) is 25.2. The molecule has 1 heterocycles. The molecule has 0 N–H and O–H groups in total. The minimum absolute atomic E-state index is 0.0797. The molecule has 8 heteroatoms. The molecule has 2 aromatic carbocycles. The molecule has 0 aromatic heterocycles. The van der Waals surface area contributed by atoms with Crippen LogP contribution >= 0.6 is 0 Å². The first-order valence-electron chi connectivity index (χ1n) is 12.1. The number of fused-ring (bicyclic) bond motifs is 2. The van der Waals surface area contributed by atoms with Crippen molar-refractivity contribution in [2.45, 2.75) is 57.9 Å². The summed E-state index contributed by atoms with van der Waals surface area (Å²) in [5.74, 6) is -0.822.